The molecule has 1 aromatic carbocycles. The van der Waals surface area contributed by atoms with E-state index in [1.807, 2.05) is 6.92 Å². The van der Waals surface area contributed by atoms with Gasteiger partial charge in [-0.15, -0.1) is 0 Å². The molecule has 7 heteroatoms. The molecule has 1 unspecified atom stereocenters. The average molecular weight is 290 g/mol. The summed E-state index contributed by atoms with van der Waals surface area (Å²) in [6, 6.07) is 0.0788. The Kier molecular flexibility index (Phi) is 3.73. The van der Waals surface area contributed by atoms with Crippen LogP contribution in [0, 0.1) is 28.7 Å². The third-order valence-corrected chi connectivity index (χ3v) is 3.66. The third-order valence-electron chi connectivity index (χ3n) is 3.66. The molecule has 0 aromatic heterocycles. The Morgan fingerprint density at radius 1 is 1.30 bits per heavy atom. The summed E-state index contributed by atoms with van der Waals surface area (Å²) in [6.45, 7) is 2.57. The summed E-state index contributed by atoms with van der Waals surface area (Å²) in [5.41, 5.74) is 4.03. The van der Waals surface area contributed by atoms with Crippen molar-refractivity contribution in [1.82, 2.24) is 4.90 Å². The van der Waals surface area contributed by atoms with Gasteiger partial charge in [0.2, 0.25) is 0 Å². The molecule has 20 heavy (non-hydrogen) atoms. The minimum Gasteiger partial charge on any atom is -0.338 e. The highest BCUT2D eigenvalue weighted by Crippen LogP contribution is 2.31. The molecule has 0 aliphatic carbocycles. The second-order valence-electron chi connectivity index (χ2n) is 5.33. The Morgan fingerprint density at radius 3 is 2.30 bits per heavy atom. The van der Waals surface area contributed by atoms with Gasteiger partial charge in [-0.1, -0.05) is 6.92 Å². The van der Waals surface area contributed by atoms with Gasteiger partial charge in [0.1, 0.15) is 5.56 Å². The molecule has 0 bridgehead atoms. The van der Waals surface area contributed by atoms with Crippen molar-refractivity contribution >= 4 is 5.91 Å². The van der Waals surface area contributed by atoms with Gasteiger partial charge in [0.15, 0.2) is 23.3 Å². The van der Waals surface area contributed by atoms with Crippen LogP contribution in [0.25, 0.3) is 0 Å². The Balaban J connectivity index is 2.36. The fourth-order valence-corrected chi connectivity index (χ4v) is 2.28. The first-order chi connectivity index (χ1) is 9.29. The zero-order valence-corrected chi connectivity index (χ0v) is 10.9. The van der Waals surface area contributed by atoms with E-state index < -0.39 is 34.7 Å². The van der Waals surface area contributed by atoms with Crippen molar-refractivity contribution in [1.29, 1.82) is 0 Å². The van der Waals surface area contributed by atoms with Gasteiger partial charge in [-0.05, 0) is 18.4 Å². The number of nitrogens with two attached hydrogens (primary N) is 1. The average Bonchev–Trinajstić information content (AvgIpc) is 2.80. The van der Waals surface area contributed by atoms with Crippen LogP contribution >= 0.6 is 0 Å². The number of carbonyl (C=O) groups excluding carboxylic acids is 1. The number of likely N-dealkylation sites (tertiary alicyclic amines) is 1. The van der Waals surface area contributed by atoms with Crippen molar-refractivity contribution in [2.75, 3.05) is 19.6 Å². The molecule has 1 aliphatic heterocycles. The van der Waals surface area contributed by atoms with E-state index in [9.17, 15) is 22.4 Å². The molecule has 1 fully saturated rings. The Labute approximate surface area is 113 Å². The first kappa shape index (κ1) is 14.8. The van der Waals surface area contributed by atoms with Crippen molar-refractivity contribution in [2.45, 2.75) is 13.3 Å². The van der Waals surface area contributed by atoms with E-state index in [1.54, 1.807) is 0 Å². The Bertz CT molecular complexity index is 538. The number of rotatable bonds is 2. The zero-order valence-electron chi connectivity index (χ0n) is 10.9. The van der Waals surface area contributed by atoms with E-state index in [0.717, 1.165) is 4.90 Å². The fourth-order valence-electron chi connectivity index (χ4n) is 2.28. The van der Waals surface area contributed by atoms with Gasteiger partial charge in [0.25, 0.3) is 5.91 Å². The maximum Gasteiger partial charge on any atom is 0.260 e. The molecule has 0 radical (unpaired) electrons. The van der Waals surface area contributed by atoms with Crippen LogP contribution in [0.4, 0.5) is 17.6 Å². The molecule has 1 amide bonds. The summed E-state index contributed by atoms with van der Waals surface area (Å²) < 4.78 is 53.4. The molecule has 0 spiro atoms. The lowest BCUT2D eigenvalue weighted by Crippen LogP contribution is -2.35. The first-order valence-corrected chi connectivity index (χ1v) is 6.11. The first-order valence-electron chi connectivity index (χ1n) is 6.11. The minimum absolute atomic E-state index is 0.0788. The molecule has 1 aromatic rings. The van der Waals surface area contributed by atoms with Crippen molar-refractivity contribution in [2.24, 2.45) is 11.1 Å². The molecule has 1 atom stereocenters. The fraction of sp³-hybridized carbons (Fsp3) is 0.462. The minimum atomic E-state index is -1.67. The van der Waals surface area contributed by atoms with Crippen LogP contribution in [0.1, 0.15) is 23.7 Å². The monoisotopic (exact) mass is 290 g/mol. The molecule has 2 N–H and O–H groups in total. The van der Waals surface area contributed by atoms with E-state index in [0.29, 0.717) is 13.0 Å². The van der Waals surface area contributed by atoms with Crippen LogP contribution in [0.2, 0.25) is 0 Å². The molecule has 2 rings (SSSR count). The smallest absolute Gasteiger partial charge is 0.260 e. The highest BCUT2D eigenvalue weighted by Gasteiger charge is 2.37. The Hall–Kier alpha value is -1.63. The SMILES string of the molecule is CC1(CN)CCN(C(=O)c2c(F)c(F)cc(F)c2F)C1. The number of carbonyl (C=O) groups is 1. The van der Waals surface area contributed by atoms with Gasteiger partial charge >= 0.3 is 0 Å². The van der Waals surface area contributed by atoms with E-state index in [2.05, 4.69) is 0 Å². The van der Waals surface area contributed by atoms with Gasteiger partial charge in [0.05, 0.1) is 0 Å². The molecule has 110 valence electrons. The lowest BCUT2D eigenvalue weighted by Gasteiger charge is -2.22. The summed E-state index contributed by atoms with van der Waals surface area (Å²) >= 11 is 0. The van der Waals surface area contributed by atoms with Crippen molar-refractivity contribution in [3.63, 3.8) is 0 Å². The van der Waals surface area contributed by atoms with E-state index in [-0.39, 0.29) is 24.6 Å². The maximum atomic E-state index is 13.6. The van der Waals surface area contributed by atoms with E-state index in [4.69, 9.17) is 5.73 Å². The quantitative estimate of drug-likeness (QED) is 0.669. The molecule has 1 saturated heterocycles. The Morgan fingerprint density at radius 2 is 1.85 bits per heavy atom. The van der Waals surface area contributed by atoms with Gasteiger partial charge < -0.3 is 10.6 Å². The number of halogens is 4. The summed E-state index contributed by atoms with van der Waals surface area (Å²) in [6.07, 6.45) is 0.566. The van der Waals surface area contributed by atoms with Gasteiger partial charge in [-0.25, -0.2) is 17.6 Å². The molecule has 1 aliphatic rings. The number of nitrogens with zero attached hydrogens (tertiary/aromatic N) is 1. The second-order valence-corrected chi connectivity index (χ2v) is 5.33. The normalized spacial score (nSPS) is 22.4. The van der Waals surface area contributed by atoms with Crippen LogP contribution in [-0.4, -0.2) is 30.4 Å². The third kappa shape index (κ3) is 2.37. The van der Waals surface area contributed by atoms with Crippen molar-refractivity contribution in [3.05, 3.63) is 34.9 Å². The van der Waals surface area contributed by atoms with Gasteiger partial charge in [-0.2, -0.15) is 0 Å². The number of amides is 1. The van der Waals surface area contributed by atoms with E-state index >= 15 is 0 Å². The maximum absolute atomic E-state index is 13.6. The molecule has 1 heterocycles. The summed E-state index contributed by atoms with van der Waals surface area (Å²) in [5.74, 6) is -7.58. The van der Waals surface area contributed by atoms with Crippen molar-refractivity contribution < 1.29 is 22.4 Å². The second kappa shape index (κ2) is 5.05. The molecular weight excluding hydrogens is 276 g/mol. The van der Waals surface area contributed by atoms with Crippen molar-refractivity contribution in [3.8, 4) is 0 Å². The van der Waals surface area contributed by atoms with Crippen LogP contribution in [-0.2, 0) is 0 Å². The summed E-state index contributed by atoms with van der Waals surface area (Å²) in [4.78, 5) is 13.2. The molecule has 3 nitrogen and oxygen atoms in total. The topological polar surface area (TPSA) is 46.3 Å². The molecule has 0 saturated carbocycles. The number of hydrogen-bond donors (Lipinski definition) is 1. The van der Waals surface area contributed by atoms with Gasteiger partial charge in [0, 0.05) is 19.2 Å². The lowest BCUT2D eigenvalue weighted by atomic mass is 9.90. The largest absolute Gasteiger partial charge is 0.338 e. The predicted molar refractivity (Wildman–Crippen MR) is 64.0 cm³/mol. The van der Waals surface area contributed by atoms with Crippen LogP contribution in [0.5, 0.6) is 0 Å². The van der Waals surface area contributed by atoms with Crippen LogP contribution < -0.4 is 5.73 Å². The van der Waals surface area contributed by atoms with Crippen LogP contribution in [0.3, 0.4) is 0 Å². The number of benzene rings is 1. The summed E-state index contributed by atoms with van der Waals surface area (Å²) in [7, 11) is 0. The molecular formula is C13H14F4N2O. The van der Waals surface area contributed by atoms with Crippen LogP contribution in [0.15, 0.2) is 6.07 Å². The highest BCUT2D eigenvalue weighted by molar-refractivity contribution is 5.95. The van der Waals surface area contributed by atoms with E-state index in [1.165, 1.54) is 0 Å². The van der Waals surface area contributed by atoms with Gasteiger partial charge in [-0.3, -0.25) is 4.79 Å². The lowest BCUT2D eigenvalue weighted by molar-refractivity contribution is 0.0764. The highest BCUT2D eigenvalue weighted by atomic mass is 19.2. The zero-order chi connectivity index (χ0) is 15.1. The standard InChI is InChI=1S/C13H14F4N2O/c1-13(5-18)2-3-19(6-13)12(20)9-10(16)7(14)4-8(15)11(9)17/h4H,2-3,5-6,18H2,1H3. The summed E-state index contributed by atoms with van der Waals surface area (Å²) in [5, 5.41) is 0. The predicted octanol–water partition coefficient (Wildman–Crippen LogP) is 2.05. The number of hydrogen-bond acceptors (Lipinski definition) is 2.